The van der Waals surface area contributed by atoms with E-state index in [4.69, 9.17) is 4.98 Å². The Morgan fingerprint density at radius 3 is 2.58 bits per heavy atom. The molecule has 128 valence electrons. The monoisotopic (exact) mass is 343 g/mol. The molecule has 0 saturated heterocycles. The van der Waals surface area contributed by atoms with Gasteiger partial charge in [-0.05, 0) is 49.2 Å². The van der Waals surface area contributed by atoms with Crippen LogP contribution in [0.5, 0.6) is 0 Å². The lowest BCUT2D eigenvalue weighted by atomic mass is 10.1. The number of pyridine rings is 3. The van der Waals surface area contributed by atoms with Crippen LogP contribution in [0.4, 0.5) is 17.3 Å². The first-order chi connectivity index (χ1) is 12.7. The lowest BCUT2D eigenvalue weighted by molar-refractivity contribution is 0.0994. The molecule has 0 atom stereocenters. The van der Waals surface area contributed by atoms with Gasteiger partial charge in [-0.1, -0.05) is 0 Å². The van der Waals surface area contributed by atoms with Crippen LogP contribution in [-0.4, -0.2) is 33.9 Å². The summed E-state index contributed by atoms with van der Waals surface area (Å²) in [7, 11) is 1.79. The highest BCUT2D eigenvalue weighted by atomic mass is 16.2. The van der Waals surface area contributed by atoms with E-state index in [0.717, 1.165) is 35.6 Å². The smallest absolute Gasteiger partial charge is 0.261 e. The van der Waals surface area contributed by atoms with Gasteiger partial charge in [0.25, 0.3) is 5.91 Å². The van der Waals surface area contributed by atoms with Crippen LogP contribution < -0.4 is 9.80 Å². The van der Waals surface area contributed by atoms with Crippen molar-refractivity contribution in [1.29, 1.82) is 0 Å². The highest BCUT2D eigenvalue weighted by molar-refractivity contribution is 6.12. The van der Waals surface area contributed by atoms with Crippen LogP contribution in [-0.2, 0) is 0 Å². The van der Waals surface area contributed by atoms with E-state index in [1.807, 2.05) is 36.4 Å². The van der Waals surface area contributed by atoms with Gasteiger partial charge in [-0.2, -0.15) is 0 Å². The van der Waals surface area contributed by atoms with Gasteiger partial charge in [0.05, 0.1) is 16.9 Å². The first-order valence-electron chi connectivity index (χ1n) is 8.68. The topological polar surface area (TPSA) is 62.2 Å². The Morgan fingerprint density at radius 2 is 1.81 bits per heavy atom. The summed E-state index contributed by atoms with van der Waals surface area (Å²) in [6.07, 6.45) is 7.41. The van der Waals surface area contributed by atoms with Gasteiger partial charge in [0.2, 0.25) is 0 Å². The predicted octanol–water partition coefficient (Wildman–Crippen LogP) is 3.43. The quantitative estimate of drug-likeness (QED) is 0.713. The second-order valence-electron chi connectivity index (χ2n) is 6.62. The van der Waals surface area contributed by atoms with Crippen molar-refractivity contribution in [2.45, 2.75) is 18.9 Å². The Labute approximate surface area is 151 Å². The molecule has 6 nitrogen and oxygen atoms in total. The molecule has 1 aliphatic carbocycles. The molecule has 6 heteroatoms. The molecule has 0 unspecified atom stereocenters. The fourth-order valence-electron chi connectivity index (χ4n) is 3.39. The second-order valence-corrected chi connectivity index (χ2v) is 6.62. The van der Waals surface area contributed by atoms with E-state index in [1.54, 1.807) is 30.5 Å². The Morgan fingerprint density at radius 1 is 1.00 bits per heavy atom. The molecule has 0 bridgehead atoms. The summed E-state index contributed by atoms with van der Waals surface area (Å²) in [6.45, 7) is 0. The van der Waals surface area contributed by atoms with Gasteiger partial charge in [-0.15, -0.1) is 0 Å². The SMILES string of the molecule is CN1C(=O)c2cccnc2N(C2CC2)c2nc(-c3ccncc3)ccc21. The zero-order valence-corrected chi connectivity index (χ0v) is 14.3. The van der Waals surface area contributed by atoms with Crippen molar-refractivity contribution in [2.24, 2.45) is 0 Å². The molecule has 3 aromatic heterocycles. The number of hydrogen-bond donors (Lipinski definition) is 0. The van der Waals surface area contributed by atoms with Gasteiger partial charge in [-0.25, -0.2) is 9.97 Å². The lowest BCUT2D eigenvalue weighted by Gasteiger charge is -2.24. The van der Waals surface area contributed by atoms with Crippen LogP contribution in [0, 0.1) is 0 Å². The minimum atomic E-state index is -0.0593. The van der Waals surface area contributed by atoms with E-state index in [1.165, 1.54) is 0 Å². The highest BCUT2D eigenvalue weighted by Crippen LogP contribution is 2.45. The zero-order chi connectivity index (χ0) is 17.7. The third-order valence-electron chi connectivity index (χ3n) is 4.88. The van der Waals surface area contributed by atoms with E-state index in [2.05, 4.69) is 14.9 Å². The molecule has 1 aliphatic heterocycles. The van der Waals surface area contributed by atoms with Gasteiger partial charge >= 0.3 is 0 Å². The van der Waals surface area contributed by atoms with Crippen molar-refractivity contribution in [1.82, 2.24) is 15.0 Å². The third-order valence-corrected chi connectivity index (χ3v) is 4.88. The van der Waals surface area contributed by atoms with Crippen molar-refractivity contribution in [2.75, 3.05) is 16.8 Å². The minimum absolute atomic E-state index is 0.0593. The molecule has 5 rings (SSSR count). The molecule has 3 aromatic rings. The second kappa shape index (κ2) is 5.62. The molecule has 1 fully saturated rings. The first-order valence-corrected chi connectivity index (χ1v) is 8.68. The number of amides is 1. The largest absolute Gasteiger partial charge is 0.308 e. The van der Waals surface area contributed by atoms with Crippen molar-refractivity contribution < 1.29 is 4.79 Å². The maximum Gasteiger partial charge on any atom is 0.261 e. The zero-order valence-electron chi connectivity index (χ0n) is 14.3. The normalized spacial score (nSPS) is 16.1. The van der Waals surface area contributed by atoms with Crippen LogP contribution in [0.2, 0.25) is 0 Å². The van der Waals surface area contributed by atoms with Crippen LogP contribution in [0.3, 0.4) is 0 Å². The van der Waals surface area contributed by atoms with Crippen LogP contribution in [0.25, 0.3) is 11.3 Å². The minimum Gasteiger partial charge on any atom is -0.308 e. The fraction of sp³-hybridized carbons (Fsp3) is 0.200. The standard InChI is InChI=1S/C20H17N5O/c1-24-17-7-6-16(13-8-11-21-12-9-13)23-19(17)25(14-4-5-14)18-15(20(24)26)3-2-10-22-18/h2-3,6-12,14H,4-5H2,1H3. The number of nitrogens with zero attached hydrogens (tertiary/aromatic N) is 5. The summed E-state index contributed by atoms with van der Waals surface area (Å²) in [5, 5.41) is 0. The van der Waals surface area contributed by atoms with E-state index >= 15 is 0 Å². The summed E-state index contributed by atoms with van der Waals surface area (Å²) < 4.78 is 0. The van der Waals surface area contributed by atoms with Crippen molar-refractivity contribution in [3.63, 3.8) is 0 Å². The molecule has 0 N–H and O–H groups in total. The summed E-state index contributed by atoms with van der Waals surface area (Å²) in [5.74, 6) is 1.43. The number of carbonyl (C=O) groups is 1. The van der Waals surface area contributed by atoms with E-state index in [0.29, 0.717) is 17.4 Å². The summed E-state index contributed by atoms with van der Waals surface area (Å²) in [5.41, 5.74) is 3.28. The highest BCUT2D eigenvalue weighted by Gasteiger charge is 2.39. The van der Waals surface area contributed by atoms with Gasteiger partial charge in [0, 0.05) is 37.2 Å². The van der Waals surface area contributed by atoms with E-state index in [-0.39, 0.29) is 5.91 Å². The Hall–Kier alpha value is -3.28. The molecule has 0 radical (unpaired) electrons. The fourth-order valence-corrected chi connectivity index (χ4v) is 3.39. The van der Waals surface area contributed by atoms with Crippen LogP contribution in [0.15, 0.2) is 55.0 Å². The Bertz CT molecular complexity index is 1000. The maximum atomic E-state index is 13.0. The molecule has 1 amide bonds. The Balaban J connectivity index is 1.75. The molecule has 26 heavy (non-hydrogen) atoms. The number of aromatic nitrogens is 3. The predicted molar refractivity (Wildman–Crippen MR) is 99.6 cm³/mol. The average molecular weight is 343 g/mol. The van der Waals surface area contributed by atoms with Crippen molar-refractivity contribution in [3.05, 3.63) is 60.6 Å². The summed E-state index contributed by atoms with van der Waals surface area (Å²) in [6, 6.07) is 11.8. The summed E-state index contributed by atoms with van der Waals surface area (Å²) >= 11 is 0. The lowest BCUT2D eigenvalue weighted by Crippen LogP contribution is -2.25. The number of rotatable bonds is 2. The molecule has 2 aliphatic rings. The van der Waals surface area contributed by atoms with Gasteiger partial charge in [-0.3, -0.25) is 9.78 Å². The molecule has 4 heterocycles. The van der Waals surface area contributed by atoms with Gasteiger partial charge in [0.15, 0.2) is 5.82 Å². The number of fused-ring (bicyclic) bond motifs is 2. The Kier molecular flexibility index (Phi) is 3.25. The molecule has 1 saturated carbocycles. The van der Waals surface area contributed by atoms with Crippen LogP contribution >= 0.6 is 0 Å². The van der Waals surface area contributed by atoms with E-state index < -0.39 is 0 Å². The number of hydrogen-bond acceptors (Lipinski definition) is 5. The number of anilines is 3. The van der Waals surface area contributed by atoms with Crippen molar-refractivity contribution >= 4 is 23.2 Å². The average Bonchev–Trinajstić information content (AvgIpc) is 3.53. The molecular weight excluding hydrogens is 326 g/mol. The maximum absolute atomic E-state index is 13.0. The third kappa shape index (κ3) is 2.26. The molecule has 0 spiro atoms. The molecule has 0 aromatic carbocycles. The van der Waals surface area contributed by atoms with Gasteiger partial charge < -0.3 is 9.80 Å². The summed E-state index contributed by atoms with van der Waals surface area (Å²) in [4.78, 5) is 30.3. The van der Waals surface area contributed by atoms with Gasteiger partial charge in [0.1, 0.15) is 5.82 Å². The van der Waals surface area contributed by atoms with E-state index in [9.17, 15) is 4.79 Å². The number of carbonyl (C=O) groups excluding carboxylic acids is 1. The van der Waals surface area contributed by atoms with Crippen LogP contribution in [0.1, 0.15) is 23.2 Å². The first kappa shape index (κ1) is 15.0. The molecular formula is C20H17N5O. The van der Waals surface area contributed by atoms with Crippen molar-refractivity contribution in [3.8, 4) is 11.3 Å².